The van der Waals surface area contributed by atoms with E-state index in [0.717, 1.165) is 38.6 Å². The summed E-state index contributed by atoms with van der Waals surface area (Å²) in [7, 11) is 3.53. The predicted octanol–water partition coefficient (Wildman–Crippen LogP) is 2.95. The van der Waals surface area contributed by atoms with Crippen molar-refractivity contribution in [2.24, 2.45) is 10.4 Å². The van der Waals surface area contributed by atoms with Gasteiger partial charge in [-0.1, -0.05) is 19.3 Å². The Kier molecular flexibility index (Phi) is 12.1. The molecule has 0 heterocycles. The first kappa shape index (κ1) is 23.9. The molecule has 0 saturated heterocycles. The van der Waals surface area contributed by atoms with Crippen LogP contribution in [0.25, 0.3) is 0 Å². The van der Waals surface area contributed by atoms with Crippen LogP contribution in [0.4, 0.5) is 0 Å². The Hall–Kier alpha value is -0.120. The highest BCUT2D eigenvalue weighted by atomic mass is 127. The van der Waals surface area contributed by atoms with Gasteiger partial charge in [0, 0.05) is 45.4 Å². The molecule has 2 atom stereocenters. The standard InChI is InChI=1S/C19H37N3O3.HI/c1-4-25-17-15-16(19(17)9-6-5-7-10-19)22-18(20-2)21-11-8-12-24-14-13-23-3;/h16-17H,4-15H2,1-3H3,(H2,20,21,22);1H. The number of hydrogen-bond donors (Lipinski definition) is 2. The highest BCUT2D eigenvalue weighted by molar-refractivity contribution is 14.0. The van der Waals surface area contributed by atoms with Crippen LogP contribution in [-0.2, 0) is 14.2 Å². The van der Waals surface area contributed by atoms with Crippen molar-refractivity contribution in [2.45, 2.75) is 64.0 Å². The van der Waals surface area contributed by atoms with E-state index in [1.165, 1.54) is 32.1 Å². The number of nitrogens with zero attached hydrogens (tertiary/aromatic N) is 1. The molecular formula is C19H38IN3O3. The summed E-state index contributed by atoms with van der Waals surface area (Å²) >= 11 is 0. The summed E-state index contributed by atoms with van der Waals surface area (Å²) < 4.78 is 16.5. The molecule has 26 heavy (non-hydrogen) atoms. The molecule has 0 aromatic heterocycles. The second-order valence-electron chi connectivity index (χ2n) is 7.13. The number of methoxy groups -OCH3 is 1. The zero-order valence-corrected chi connectivity index (χ0v) is 19.1. The van der Waals surface area contributed by atoms with Crippen molar-refractivity contribution in [3.8, 4) is 0 Å². The van der Waals surface area contributed by atoms with Crippen molar-refractivity contribution >= 4 is 29.9 Å². The molecule has 0 aromatic rings. The molecule has 0 bridgehead atoms. The third-order valence-corrected chi connectivity index (χ3v) is 5.66. The second kappa shape index (κ2) is 13.1. The number of halogens is 1. The second-order valence-corrected chi connectivity index (χ2v) is 7.13. The number of hydrogen-bond acceptors (Lipinski definition) is 4. The Balaban J connectivity index is 0.00000338. The van der Waals surface area contributed by atoms with E-state index in [9.17, 15) is 0 Å². The van der Waals surface area contributed by atoms with Gasteiger partial charge >= 0.3 is 0 Å². The van der Waals surface area contributed by atoms with E-state index in [2.05, 4.69) is 22.5 Å². The molecule has 0 radical (unpaired) electrons. The Morgan fingerprint density at radius 1 is 1.15 bits per heavy atom. The lowest BCUT2D eigenvalue weighted by Crippen LogP contribution is -2.66. The van der Waals surface area contributed by atoms with Gasteiger partial charge in [0.25, 0.3) is 0 Å². The van der Waals surface area contributed by atoms with Crippen LogP contribution in [0.5, 0.6) is 0 Å². The van der Waals surface area contributed by atoms with Gasteiger partial charge in [0.1, 0.15) is 0 Å². The molecule has 2 N–H and O–H groups in total. The van der Waals surface area contributed by atoms with Gasteiger partial charge in [0.15, 0.2) is 5.96 Å². The lowest BCUT2D eigenvalue weighted by molar-refractivity contribution is -0.145. The van der Waals surface area contributed by atoms with Gasteiger partial charge in [-0.2, -0.15) is 0 Å². The molecule has 0 aromatic carbocycles. The number of aliphatic imine (C=N–C) groups is 1. The smallest absolute Gasteiger partial charge is 0.191 e. The van der Waals surface area contributed by atoms with E-state index in [0.29, 0.717) is 30.8 Å². The average molecular weight is 483 g/mol. The fraction of sp³-hybridized carbons (Fsp3) is 0.947. The summed E-state index contributed by atoms with van der Waals surface area (Å²) in [5.74, 6) is 0.904. The molecule has 2 rings (SSSR count). The van der Waals surface area contributed by atoms with Crippen molar-refractivity contribution in [1.29, 1.82) is 0 Å². The van der Waals surface area contributed by atoms with Crippen LogP contribution in [0, 0.1) is 5.41 Å². The molecular weight excluding hydrogens is 445 g/mol. The van der Waals surface area contributed by atoms with Crippen molar-refractivity contribution in [3.05, 3.63) is 0 Å². The van der Waals surface area contributed by atoms with Gasteiger partial charge in [-0.3, -0.25) is 4.99 Å². The molecule has 2 unspecified atom stereocenters. The lowest BCUT2D eigenvalue weighted by Gasteiger charge is -2.57. The van der Waals surface area contributed by atoms with Crippen LogP contribution >= 0.6 is 24.0 Å². The average Bonchev–Trinajstić information content (AvgIpc) is 2.65. The van der Waals surface area contributed by atoms with E-state index < -0.39 is 0 Å². The minimum atomic E-state index is 0. The van der Waals surface area contributed by atoms with Crippen molar-refractivity contribution in [2.75, 3.05) is 47.1 Å². The van der Waals surface area contributed by atoms with Crippen LogP contribution < -0.4 is 10.6 Å². The van der Waals surface area contributed by atoms with Crippen LogP contribution in [0.1, 0.15) is 51.9 Å². The minimum absolute atomic E-state index is 0. The lowest BCUT2D eigenvalue weighted by atomic mass is 9.55. The first-order valence-corrected chi connectivity index (χ1v) is 9.92. The fourth-order valence-electron chi connectivity index (χ4n) is 4.25. The van der Waals surface area contributed by atoms with Gasteiger partial charge < -0.3 is 24.8 Å². The highest BCUT2D eigenvalue weighted by Gasteiger charge is 2.55. The van der Waals surface area contributed by atoms with Gasteiger partial charge in [-0.25, -0.2) is 0 Å². The van der Waals surface area contributed by atoms with Crippen LogP contribution in [0.3, 0.4) is 0 Å². The summed E-state index contributed by atoms with van der Waals surface area (Å²) in [6.45, 7) is 5.84. The number of nitrogens with one attached hydrogen (secondary N) is 2. The zero-order valence-electron chi connectivity index (χ0n) is 16.7. The monoisotopic (exact) mass is 483 g/mol. The predicted molar refractivity (Wildman–Crippen MR) is 117 cm³/mol. The van der Waals surface area contributed by atoms with Crippen LogP contribution in [0.2, 0.25) is 0 Å². The topological polar surface area (TPSA) is 64.1 Å². The fourth-order valence-corrected chi connectivity index (χ4v) is 4.25. The number of ether oxygens (including phenoxy) is 3. The van der Waals surface area contributed by atoms with Crippen molar-refractivity contribution in [3.63, 3.8) is 0 Å². The largest absolute Gasteiger partial charge is 0.382 e. The number of guanidine groups is 1. The van der Waals surface area contributed by atoms with Crippen molar-refractivity contribution in [1.82, 2.24) is 10.6 Å². The van der Waals surface area contributed by atoms with E-state index in [4.69, 9.17) is 14.2 Å². The van der Waals surface area contributed by atoms with E-state index >= 15 is 0 Å². The third kappa shape index (κ3) is 6.49. The molecule has 6 nitrogen and oxygen atoms in total. The number of rotatable bonds is 10. The van der Waals surface area contributed by atoms with Crippen LogP contribution in [0.15, 0.2) is 4.99 Å². The Labute approximate surface area is 176 Å². The molecule has 154 valence electrons. The van der Waals surface area contributed by atoms with Crippen molar-refractivity contribution < 1.29 is 14.2 Å². The summed E-state index contributed by atoms with van der Waals surface area (Å²) in [6.07, 6.45) is 9.04. The Morgan fingerprint density at radius 3 is 2.58 bits per heavy atom. The molecule has 7 heteroatoms. The first-order valence-electron chi connectivity index (χ1n) is 9.92. The third-order valence-electron chi connectivity index (χ3n) is 5.66. The minimum Gasteiger partial charge on any atom is -0.382 e. The zero-order chi connectivity index (χ0) is 18.0. The summed E-state index contributed by atoms with van der Waals surface area (Å²) in [5, 5.41) is 7.08. The Morgan fingerprint density at radius 2 is 1.92 bits per heavy atom. The van der Waals surface area contributed by atoms with Gasteiger partial charge in [0.2, 0.25) is 0 Å². The van der Waals surface area contributed by atoms with E-state index in [1.807, 2.05) is 7.05 Å². The Bertz CT molecular complexity index is 403. The maximum Gasteiger partial charge on any atom is 0.191 e. The van der Waals surface area contributed by atoms with Gasteiger partial charge in [-0.15, -0.1) is 24.0 Å². The molecule has 2 aliphatic carbocycles. The maximum atomic E-state index is 6.03. The van der Waals surface area contributed by atoms with Gasteiger partial charge in [-0.05, 0) is 32.6 Å². The van der Waals surface area contributed by atoms with Gasteiger partial charge in [0.05, 0.1) is 19.3 Å². The van der Waals surface area contributed by atoms with E-state index in [1.54, 1.807) is 7.11 Å². The summed E-state index contributed by atoms with van der Waals surface area (Å²) in [6, 6.07) is 0.480. The SMILES string of the molecule is CCOC1CC(NC(=NC)NCCCOCCOC)C12CCCCC2.I. The first-order chi connectivity index (χ1) is 12.3. The summed E-state index contributed by atoms with van der Waals surface area (Å²) in [5.41, 5.74) is 0.315. The summed E-state index contributed by atoms with van der Waals surface area (Å²) in [4.78, 5) is 4.40. The highest BCUT2D eigenvalue weighted by Crippen LogP contribution is 2.53. The van der Waals surface area contributed by atoms with Crippen LogP contribution in [-0.4, -0.2) is 65.2 Å². The quantitative estimate of drug-likeness (QED) is 0.217. The molecule has 2 fully saturated rings. The molecule has 0 amide bonds. The molecule has 2 saturated carbocycles. The normalized spacial score (nSPS) is 24.7. The molecule has 1 spiro atoms. The maximum absolute atomic E-state index is 6.03. The molecule has 0 aliphatic heterocycles. The van der Waals surface area contributed by atoms with E-state index in [-0.39, 0.29) is 24.0 Å². The molecule has 2 aliphatic rings.